The first kappa shape index (κ1) is 13.1. The molecule has 0 aliphatic heterocycles. The average Bonchev–Trinajstić information content (AvgIpc) is 2.37. The van der Waals surface area contributed by atoms with E-state index in [1.807, 2.05) is 0 Å². The zero-order valence-corrected chi connectivity index (χ0v) is 10.9. The number of amides is 1. The van der Waals surface area contributed by atoms with E-state index in [0.29, 0.717) is 17.0 Å². The molecule has 0 saturated heterocycles. The summed E-state index contributed by atoms with van der Waals surface area (Å²) in [5, 5.41) is 10.0. The van der Waals surface area contributed by atoms with Crippen molar-refractivity contribution >= 4 is 11.9 Å². The molecule has 1 N–H and O–H groups in total. The van der Waals surface area contributed by atoms with Gasteiger partial charge in [0.2, 0.25) is 5.95 Å². The highest BCUT2D eigenvalue weighted by Crippen LogP contribution is 2.13. The molecule has 0 atom stereocenters. The SMILES string of the molecule is Cc1cccc(C(=O)Nc2nnc(C)c(C)n2)c1F. The van der Waals surface area contributed by atoms with Crippen LogP contribution in [0.5, 0.6) is 0 Å². The van der Waals surface area contributed by atoms with Crippen LogP contribution in [0, 0.1) is 26.6 Å². The molecular weight excluding hydrogens is 247 g/mol. The molecule has 1 aromatic heterocycles. The third-order valence-corrected chi connectivity index (χ3v) is 2.75. The van der Waals surface area contributed by atoms with E-state index < -0.39 is 11.7 Å². The molecule has 0 fully saturated rings. The Morgan fingerprint density at radius 1 is 1.16 bits per heavy atom. The number of rotatable bonds is 2. The van der Waals surface area contributed by atoms with Crippen molar-refractivity contribution in [2.24, 2.45) is 0 Å². The number of benzene rings is 1. The Bertz CT molecular complexity index is 643. The lowest BCUT2D eigenvalue weighted by Crippen LogP contribution is -2.17. The fourth-order valence-electron chi connectivity index (χ4n) is 1.50. The third kappa shape index (κ3) is 2.73. The maximum absolute atomic E-state index is 13.8. The van der Waals surface area contributed by atoms with E-state index in [1.54, 1.807) is 32.9 Å². The minimum atomic E-state index is -0.591. The molecule has 19 heavy (non-hydrogen) atoms. The summed E-state index contributed by atoms with van der Waals surface area (Å²) in [7, 11) is 0. The highest BCUT2D eigenvalue weighted by atomic mass is 19.1. The van der Waals surface area contributed by atoms with Gasteiger partial charge in [0.15, 0.2) is 0 Å². The first-order chi connectivity index (χ1) is 8.99. The lowest BCUT2D eigenvalue weighted by atomic mass is 10.1. The highest BCUT2D eigenvalue weighted by molar-refractivity contribution is 6.03. The summed E-state index contributed by atoms with van der Waals surface area (Å²) in [6.07, 6.45) is 0. The molecule has 2 aromatic rings. The minimum Gasteiger partial charge on any atom is -0.289 e. The third-order valence-electron chi connectivity index (χ3n) is 2.75. The minimum absolute atomic E-state index is 0.0400. The van der Waals surface area contributed by atoms with Gasteiger partial charge in [-0.1, -0.05) is 12.1 Å². The molecule has 5 nitrogen and oxygen atoms in total. The van der Waals surface area contributed by atoms with Crippen LogP contribution in [0.1, 0.15) is 27.3 Å². The van der Waals surface area contributed by atoms with Crippen molar-refractivity contribution in [3.05, 3.63) is 46.5 Å². The van der Waals surface area contributed by atoms with Gasteiger partial charge in [-0.25, -0.2) is 9.37 Å². The van der Waals surface area contributed by atoms with Crippen LogP contribution in [0.2, 0.25) is 0 Å². The molecule has 0 aliphatic rings. The first-order valence-corrected chi connectivity index (χ1v) is 5.73. The van der Waals surface area contributed by atoms with Crippen LogP contribution < -0.4 is 5.32 Å². The van der Waals surface area contributed by atoms with Crippen molar-refractivity contribution in [3.8, 4) is 0 Å². The summed E-state index contributed by atoms with van der Waals surface area (Å²) in [4.78, 5) is 16.0. The summed E-state index contributed by atoms with van der Waals surface area (Å²) in [6.45, 7) is 5.12. The predicted molar refractivity (Wildman–Crippen MR) is 68.4 cm³/mol. The number of hydrogen-bond donors (Lipinski definition) is 1. The molecule has 0 saturated carbocycles. The monoisotopic (exact) mass is 260 g/mol. The fraction of sp³-hybridized carbons (Fsp3) is 0.231. The Balaban J connectivity index is 2.26. The van der Waals surface area contributed by atoms with E-state index in [2.05, 4.69) is 20.5 Å². The van der Waals surface area contributed by atoms with Crippen LogP contribution in [-0.4, -0.2) is 21.1 Å². The summed E-state index contributed by atoms with van der Waals surface area (Å²) in [6, 6.07) is 4.62. The molecule has 0 spiro atoms. The van der Waals surface area contributed by atoms with Gasteiger partial charge >= 0.3 is 0 Å². The number of nitrogens with one attached hydrogen (secondary N) is 1. The van der Waals surface area contributed by atoms with Gasteiger partial charge < -0.3 is 0 Å². The van der Waals surface area contributed by atoms with Crippen LogP contribution >= 0.6 is 0 Å². The van der Waals surface area contributed by atoms with Crippen LogP contribution in [0.25, 0.3) is 0 Å². The maximum atomic E-state index is 13.8. The van der Waals surface area contributed by atoms with Gasteiger partial charge in [0.05, 0.1) is 17.0 Å². The smallest absolute Gasteiger partial charge is 0.261 e. The van der Waals surface area contributed by atoms with Gasteiger partial charge in [-0.05, 0) is 32.4 Å². The van der Waals surface area contributed by atoms with Crippen LogP contribution in [0.4, 0.5) is 10.3 Å². The van der Waals surface area contributed by atoms with Gasteiger partial charge in [-0.15, -0.1) is 5.10 Å². The second kappa shape index (κ2) is 5.09. The quantitative estimate of drug-likeness (QED) is 0.898. The number of hydrogen-bond acceptors (Lipinski definition) is 4. The van der Waals surface area contributed by atoms with E-state index >= 15 is 0 Å². The topological polar surface area (TPSA) is 67.8 Å². The second-order valence-electron chi connectivity index (χ2n) is 4.20. The first-order valence-electron chi connectivity index (χ1n) is 5.73. The van der Waals surface area contributed by atoms with E-state index in [4.69, 9.17) is 0 Å². The second-order valence-corrected chi connectivity index (χ2v) is 4.20. The van der Waals surface area contributed by atoms with Crippen molar-refractivity contribution in [1.82, 2.24) is 15.2 Å². The Hall–Kier alpha value is -2.37. The molecule has 1 aromatic carbocycles. The molecular formula is C13H13FN4O. The number of aromatic nitrogens is 3. The van der Waals surface area contributed by atoms with Crippen molar-refractivity contribution in [2.75, 3.05) is 5.32 Å². The molecule has 98 valence electrons. The molecule has 0 unspecified atom stereocenters. The summed E-state index contributed by atoms with van der Waals surface area (Å²) in [5.74, 6) is -1.07. The Morgan fingerprint density at radius 2 is 1.89 bits per heavy atom. The van der Waals surface area contributed by atoms with Gasteiger partial charge in [-0.3, -0.25) is 10.1 Å². The Labute approximate surface area is 109 Å². The van der Waals surface area contributed by atoms with E-state index in [1.165, 1.54) is 6.07 Å². The fourth-order valence-corrected chi connectivity index (χ4v) is 1.50. The molecule has 1 heterocycles. The largest absolute Gasteiger partial charge is 0.289 e. The zero-order valence-electron chi connectivity index (χ0n) is 10.9. The molecule has 2 rings (SSSR count). The van der Waals surface area contributed by atoms with Crippen molar-refractivity contribution < 1.29 is 9.18 Å². The molecule has 0 bridgehead atoms. The standard InChI is InChI=1S/C13H13FN4O/c1-7-5-4-6-10(11(7)14)12(19)16-13-15-8(2)9(3)17-18-13/h4-6H,1-3H3,(H,15,16,18,19). The van der Waals surface area contributed by atoms with Crippen molar-refractivity contribution in [1.29, 1.82) is 0 Å². The number of carbonyl (C=O) groups is 1. The van der Waals surface area contributed by atoms with Gasteiger partial charge in [0.1, 0.15) is 5.82 Å². The van der Waals surface area contributed by atoms with Gasteiger partial charge in [-0.2, -0.15) is 5.10 Å². The van der Waals surface area contributed by atoms with Crippen molar-refractivity contribution in [2.45, 2.75) is 20.8 Å². The number of halogens is 1. The van der Waals surface area contributed by atoms with Gasteiger partial charge in [0.25, 0.3) is 5.91 Å². The highest BCUT2D eigenvalue weighted by Gasteiger charge is 2.14. The average molecular weight is 260 g/mol. The molecule has 0 aliphatic carbocycles. The lowest BCUT2D eigenvalue weighted by Gasteiger charge is -2.06. The number of nitrogens with zero attached hydrogens (tertiary/aromatic N) is 3. The molecule has 0 radical (unpaired) electrons. The van der Waals surface area contributed by atoms with Crippen LogP contribution in [-0.2, 0) is 0 Å². The normalized spacial score (nSPS) is 10.3. The van der Waals surface area contributed by atoms with Crippen LogP contribution in [0.15, 0.2) is 18.2 Å². The Morgan fingerprint density at radius 3 is 2.58 bits per heavy atom. The number of carbonyl (C=O) groups excluding carboxylic acids is 1. The molecule has 1 amide bonds. The van der Waals surface area contributed by atoms with E-state index in [9.17, 15) is 9.18 Å². The molecule has 6 heteroatoms. The maximum Gasteiger partial charge on any atom is 0.261 e. The summed E-state index contributed by atoms with van der Waals surface area (Å²) in [5.41, 5.74) is 1.71. The van der Waals surface area contributed by atoms with E-state index in [0.717, 1.165) is 0 Å². The zero-order chi connectivity index (χ0) is 14.0. The predicted octanol–water partition coefficient (Wildman–Crippen LogP) is 2.19. The summed E-state index contributed by atoms with van der Waals surface area (Å²) < 4.78 is 13.8. The van der Waals surface area contributed by atoms with Crippen LogP contribution in [0.3, 0.4) is 0 Å². The number of aryl methyl sites for hydroxylation is 3. The van der Waals surface area contributed by atoms with Crippen molar-refractivity contribution in [3.63, 3.8) is 0 Å². The lowest BCUT2D eigenvalue weighted by molar-refractivity contribution is 0.102. The van der Waals surface area contributed by atoms with Gasteiger partial charge in [0, 0.05) is 0 Å². The summed E-state index contributed by atoms with van der Waals surface area (Å²) >= 11 is 0. The number of anilines is 1. The Kier molecular flexibility index (Phi) is 3.50. The van der Waals surface area contributed by atoms with E-state index in [-0.39, 0.29) is 11.5 Å².